The highest BCUT2D eigenvalue weighted by Crippen LogP contribution is 2.41. The highest BCUT2D eigenvalue weighted by molar-refractivity contribution is 5.94. The normalized spacial score (nSPS) is 10.9. The summed E-state index contributed by atoms with van der Waals surface area (Å²) < 4.78 is 16.7. The van der Waals surface area contributed by atoms with E-state index >= 15 is 0 Å². The quantitative estimate of drug-likeness (QED) is 0.812. The Hall–Kier alpha value is -1.64. The molecule has 17 heavy (non-hydrogen) atoms. The number of rotatable bonds is 3. The SMILES string of the molecule is CCc1cc(OC)c2oc(C)c(C)c2c1OC. The summed E-state index contributed by atoms with van der Waals surface area (Å²) in [4.78, 5) is 0. The van der Waals surface area contributed by atoms with E-state index in [9.17, 15) is 0 Å². The van der Waals surface area contributed by atoms with E-state index < -0.39 is 0 Å². The molecule has 3 nitrogen and oxygen atoms in total. The van der Waals surface area contributed by atoms with Gasteiger partial charge in [-0.15, -0.1) is 0 Å². The van der Waals surface area contributed by atoms with Gasteiger partial charge in [0.2, 0.25) is 0 Å². The number of aryl methyl sites for hydroxylation is 3. The molecule has 0 radical (unpaired) electrons. The molecule has 0 fully saturated rings. The molecule has 3 heteroatoms. The smallest absolute Gasteiger partial charge is 0.180 e. The maximum absolute atomic E-state index is 5.76. The van der Waals surface area contributed by atoms with Crippen LogP contribution in [0.15, 0.2) is 10.5 Å². The fourth-order valence-corrected chi connectivity index (χ4v) is 2.17. The van der Waals surface area contributed by atoms with Crippen molar-refractivity contribution in [2.24, 2.45) is 0 Å². The van der Waals surface area contributed by atoms with Crippen molar-refractivity contribution in [2.75, 3.05) is 14.2 Å². The maximum Gasteiger partial charge on any atom is 0.180 e. The minimum atomic E-state index is 0.772. The molecule has 0 atom stereocenters. The van der Waals surface area contributed by atoms with E-state index in [1.807, 2.05) is 19.9 Å². The van der Waals surface area contributed by atoms with Crippen LogP contribution in [0.1, 0.15) is 23.8 Å². The summed E-state index contributed by atoms with van der Waals surface area (Å²) in [6, 6.07) is 1.99. The summed E-state index contributed by atoms with van der Waals surface area (Å²) in [5, 5.41) is 1.03. The van der Waals surface area contributed by atoms with Crippen LogP contribution in [-0.4, -0.2) is 14.2 Å². The highest BCUT2D eigenvalue weighted by atomic mass is 16.5. The molecule has 0 saturated heterocycles. The van der Waals surface area contributed by atoms with Crippen molar-refractivity contribution in [1.82, 2.24) is 0 Å². The van der Waals surface area contributed by atoms with Crippen molar-refractivity contribution < 1.29 is 13.9 Å². The molecule has 0 aliphatic heterocycles. The highest BCUT2D eigenvalue weighted by Gasteiger charge is 2.19. The van der Waals surface area contributed by atoms with Gasteiger partial charge in [0.25, 0.3) is 0 Å². The van der Waals surface area contributed by atoms with Gasteiger partial charge in [0.1, 0.15) is 11.5 Å². The van der Waals surface area contributed by atoms with Gasteiger partial charge in [-0.05, 0) is 31.9 Å². The van der Waals surface area contributed by atoms with Crippen molar-refractivity contribution in [2.45, 2.75) is 27.2 Å². The lowest BCUT2D eigenvalue weighted by atomic mass is 10.0. The number of hydrogen-bond acceptors (Lipinski definition) is 3. The van der Waals surface area contributed by atoms with Gasteiger partial charge in [-0.25, -0.2) is 0 Å². The zero-order valence-corrected chi connectivity index (χ0v) is 11.0. The van der Waals surface area contributed by atoms with E-state index in [0.717, 1.165) is 45.8 Å². The zero-order valence-electron chi connectivity index (χ0n) is 11.0. The summed E-state index contributed by atoms with van der Waals surface area (Å²) in [6.07, 6.45) is 0.902. The molecule has 1 aromatic heterocycles. The predicted octanol–water partition coefficient (Wildman–Crippen LogP) is 3.63. The fourth-order valence-electron chi connectivity index (χ4n) is 2.17. The number of benzene rings is 1. The van der Waals surface area contributed by atoms with Gasteiger partial charge >= 0.3 is 0 Å². The molecule has 0 saturated carbocycles. The van der Waals surface area contributed by atoms with E-state index in [2.05, 4.69) is 6.92 Å². The first-order valence-corrected chi connectivity index (χ1v) is 5.77. The molecule has 0 N–H and O–H groups in total. The van der Waals surface area contributed by atoms with Crippen molar-refractivity contribution in [3.05, 3.63) is 23.0 Å². The lowest BCUT2D eigenvalue weighted by Gasteiger charge is -2.11. The molecule has 2 rings (SSSR count). The Bertz CT molecular complexity index is 552. The Morgan fingerprint density at radius 2 is 1.88 bits per heavy atom. The van der Waals surface area contributed by atoms with E-state index in [-0.39, 0.29) is 0 Å². The van der Waals surface area contributed by atoms with Crippen LogP contribution >= 0.6 is 0 Å². The first-order valence-electron chi connectivity index (χ1n) is 5.77. The lowest BCUT2D eigenvalue weighted by Crippen LogP contribution is -1.94. The number of fused-ring (bicyclic) bond motifs is 1. The fraction of sp³-hybridized carbons (Fsp3) is 0.429. The third kappa shape index (κ3) is 1.66. The Morgan fingerprint density at radius 3 is 2.41 bits per heavy atom. The second kappa shape index (κ2) is 4.32. The van der Waals surface area contributed by atoms with E-state index in [1.54, 1.807) is 14.2 Å². The van der Waals surface area contributed by atoms with Gasteiger partial charge < -0.3 is 13.9 Å². The minimum Gasteiger partial charge on any atom is -0.496 e. The molecule has 92 valence electrons. The molecule has 0 aliphatic carbocycles. The summed E-state index contributed by atoms with van der Waals surface area (Å²) in [5.74, 6) is 2.58. The van der Waals surface area contributed by atoms with Gasteiger partial charge in [-0.1, -0.05) is 6.92 Å². The average molecular weight is 234 g/mol. The van der Waals surface area contributed by atoms with Crippen LogP contribution in [0.5, 0.6) is 11.5 Å². The van der Waals surface area contributed by atoms with E-state index in [1.165, 1.54) is 0 Å². The van der Waals surface area contributed by atoms with Crippen molar-refractivity contribution in [1.29, 1.82) is 0 Å². The predicted molar refractivity (Wildman–Crippen MR) is 68.2 cm³/mol. The monoisotopic (exact) mass is 234 g/mol. The van der Waals surface area contributed by atoms with Crippen LogP contribution in [0, 0.1) is 13.8 Å². The van der Waals surface area contributed by atoms with Crippen molar-refractivity contribution in [3.8, 4) is 11.5 Å². The minimum absolute atomic E-state index is 0.772. The van der Waals surface area contributed by atoms with Crippen molar-refractivity contribution >= 4 is 11.0 Å². The Labute approximate surface area is 101 Å². The summed E-state index contributed by atoms with van der Waals surface area (Å²) in [5.41, 5.74) is 3.03. The molecule has 2 aromatic rings. The summed E-state index contributed by atoms with van der Waals surface area (Å²) >= 11 is 0. The van der Waals surface area contributed by atoms with Gasteiger partial charge in [-0.2, -0.15) is 0 Å². The molecule has 0 bridgehead atoms. The standard InChI is InChI=1S/C14H18O3/c1-6-10-7-11(15-4)14-12(13(10)16-5)8(2)9(3)17-14/h7H,6H2,1-5H3. The molecular weight excluding hydrogens is 216 g/mol. The lowest BCUT2D eigenvalue weighted by molar-refractivity contribution is 0.399. The maximum atomic E-state index is 5.76. The van der Waals surface area contributed by atoms with E-state index in [4.69, 9.17) is 13.9 Å². The van der Waals surface area contributed by atoms with E-state index in [0.29, 0.717) is 0 Å². The molecule has 1 heterocycles. The Morgan fingerprint density at radius 1 is 1.18 bits per heavy atom. The van der Waals surface area contributed by atoms with Gasteiger partial charge in [0, 0.05) is 5.56 Å². The van der Waals surface area contributed by atoms with Crippen molar-refractivity contribution in [3.63, 3.8) is 0 Å². The summed E-state index contributed by atoms with van der Waals surface area (Å²) in [7, 11) is 3.36. The van der Waals surface area contributed by atoms with Crippen LogP contribution in [-0.2, 0) is 6.42 Å². The first kappa shape index (κ1) is 11.8. The zero-order chi connectivity index (χ0) is 12.6. The van der Waals surface area contributed by atoms with Crippen LogP contribution < -0.4 is 9.47 Å². The molecule has 0 aliphatic rings. The molecule has 1 aromatic carbocycles. The number of hydrogen-bond donors (Lipinski definition) is 0. The molecule has 0 spiro atoms. The second-order valence-electron chi connectivity index (χ2n) is 4.11. The molecular formula is C14H18O3. The van der Waals surface area contributed by atoms with Crippen LogP contribution in [0.25, 0.3) is 11.0 Å². The number of ether oxygens (including phenoxy) is 2. The molecule has 0 amide bonds. The Kier molecular flexibility index (Phi) is 3.01. The summed E-state index contributed by atoms with van der Waals surface area (Å²) in [6.45, 7) is 6.10. The van der Waals surface area contributed by atoms with Crippen LogP contribution in [0.3, 0.4) is 0 Å². The molecule has 0 unspecified atom stereocenters. The largest absolute Gasteiger partial charge is 0.496 e. The van der Waals surface area contributed by atoms with Gasteiger partial charge in [0.15, 0.2) is 11.3 Å². The second-order valence-corrected chi connectivity index (χ2v) is 4.11. The number of methoxy groups -OCH3 is 2. The van der Waals surface area contributed by atoms with Gasteiger partial charge in [0.05, 0.1) is 19.6 Å². The Balaban J connectivity index is 2.91. The average Bonchev–Trinajstić information content (AvgIpc) is 2.64. The van der Waals surface area contributed by atoms with Crippen LogP contribution in [0.4, 0.5) is 0 Å². The third-order valence-electron chi connectivity index (χ3n) is 3.24. The third-order valence-corrected chi connectivity index (χ3v) is 3.24. The number of furan rings is 1. The van der Waals surface area contributed by atoms with Gasteiger partial charge in [-0.3, -0.25) is 0 Å². The first-order chi connectivity index (χ1) is 8.13. The van der Waals surface area contributed by atoms with Crippen LogP contribution in [0.2, 0.25) is 0 Å². The topological polar surface area (TPSA) is 31.6 Å².